The molecule has 0 spiro atoms. The number of amides is 2. The highest BCUT2D eigenvalue weighted by Gasteiger charge is 2.34. The van der Waals surface area contributed by atoms with E-state index in [1.54, 1.807) is 49.2 Å². The summed E-state index contributed by atoms with van der Waals surface area (Å²) in [5, 5.41) is 9.82. The molecule has 0 aliphatic carbocycles. The number of halogens is 1. The average Bonchev–Trinajstić information content (AvgIpc) is 3.64. The Balaban J connectivity index is 1.29. The van der Waals surface area contributed by atoms with Gasteiger partial charge in [0, 0.05) is 80.2 Å². The monoisotopic (exact) mass is 780 g/mol. The van der Waals surface area contributed by atoms with Crippen LogP contribution in [0, 0.1) is 31.0 Å². The van der Waals surface area contributed by atoms with Crippen molar-refractivity contribution in [1.29, 1.82) is 5.26 Å². The van der Waals surface area contributed by atoms with Crippen molar-refractivity contribution in [3.63, 3.8) is 0 Å². The molecule has 2 aromatic heterocycles. The molecule has 2 aliphatic heterocycles. The Labute approximate surface area is 323 Å². The zero-order valence-electron chi connectivity index (χ0n) is 31.5. The van der Waals surface area contributed by atoms with E-state index in [9.17, 15) is 29.2 Å². The number of rotatable bonds is 9. The van der Waals surface area contributed by atoms with Crippen molar-refractivity contribution in [1.82, 2.24) is 18.9 Å². The first kappa shape index (κ1) is 38.7. The van der Waals surface area contributed by atoms with Crippen molar-refractivity contribution in [2.75, 3.05) is 37.7 Å². The molecule has 290 valence electrons. The van der Waals surface area contributed by atoms with Gasteiger partial charge >= 0.3 is 7.82 Å². The van der Waals surface area contributed by atoms with Crippen molar-refractivity contribution in [3.05, 3.63) is 124 Å². The first-order chi connectivity index (χ1) is 26.7. The number of benzene rings is 3. The Bertz CT molecular complexity index is 2410. The van der Waals surface area contributed by atoms with Gasteiger partial charge in [0.25, 0.3) is 11.8 Å². The lowest BCUT2D eigenvalue weighted by Crippen LogP contribution is -2.52. The fourth-order valence-corrected chi connectivity index (χ4v) is 8.01. The highest BCUT2D eigenvalue weighted by atomic mass is 31.2. The Hall–Kier alpha value is -5.55. The van der Waals surface area contributed by atoms with E-state index in [0.29, 0.717) is 78.0 Å². The van der Waals surface area contributed by atoms with Gasteiger partial charge in [0.05, 0.1) is 24.5 Å². The van der Waals surface area contributed by atoms with Crippen molar-refractivity contribution in [2.45, 2.75) is 32.9 Å². The molecule has 4 heterocycles. The summed E-state index contributed by atoms with van der Waals surface area (Å²) in [5.74, 6) is -1.39. The number of carbonyl (C=O) groups excluding carboxylic acids is 2. The molecule has 56 heavy (non-hydrogen) atoms. The van der Waals surface area contributed by atoms with Gasteiger partial charge in [-0.2, -0.15) is 5.26 Å². The molecular weight excluding hydrogens is 738 g/mol. The first-order valence-electron chi connectivity index (χ1n) is 18.1. The maximum atomic E-state index is 15.2. The topological polar surface area (TPSA) is 154 Å². The summed E-state index contributed by atoms with van der Waals surface area (Å²) in [7, 11) is -1.38. The van der Waals surface area contributed by atoms with E-state index in [1.165, 1.54) is 52.9 Å². The number of carbonyl (C=O) groups is 2. The summed E-state index contributed by atoms with van der Waals surface area (Å²) in [6.07, 6.45) is 0.673. The van der Waals surface area contributed by atoms with E-state index in [-0.39, 0.29) is 23.3 Å². The Kier molecular flexibility index (Phi) is 10.7. The summed E-state index contributed by atoms with van der Waals surface area (Å²) in [6.45, 7) is 7.37. The quantitative estimate of drug-likeness (QED) is 0.171. The minimum Gasteiger partial charge on any atom is -0.404 e. The van der Waals surface area contributed by atoms with Gasteiger partial charge in [-0.3, -0.25) is 29.2 Å². The highest BCUT2D eigenvalue weighted by molar-refractivity contribution is 7.46. The maximum Gasteiger partial charge on any atom is 0.524 e. The van der Waals surface area contributed by atoms with Crippen LogP contribution in [0.5, 0.6) is 5.75 Å². The zero-order chi connectivity index (χ0) is 39.9. The van der Waals surface area contributed by atoms with E-state index in [4.69, 9.17) is 9.26 Å². The van der Waals surface area contributed by atoms with Crippen LogP contribution in [0.2, 0.25) is 0 Å². The van der Waals surface area contributed by atoms with Gasteiger partial charge in [-0.1, -0.05) is 24.3 Å². The lowest BCUT2D eigenvalue weighted by atomic mass is 9.92. The summed E-state index contributed by atoms with van der Waals surface area (Å²) < 4.78 is 40.4. The number of phosphoric ester groups is 1. The highest BCUT2D eigenvalue weighted by Crippen LogP contribution is 2.40. The van der Waals surface area contributed by atoms with Crippen molar-refractivity contribution in [2.24, 2.45) is 14.1 Å². The number of nitrogens with zero attached hydrogens (tertiary/aromatic N) is 6. The summed E-state index contributed by atoms with van der Waals surface area (Å²) >= 11 is 0. The average molecular weight is 781 g/mol. The number of fused-ring (bicyclic) bond motifs is 1. The van der Waals surface area contributed by atoms with Gasteiger partial charge in [0.1, 0.15) is 23.3 Å². The predicted molar refractivity (Wildman–Crippen MR) is 207 cm³/mol. The molecule has 15 heteroatoms. The van der Waals surface area contributed by atoms with Crippen LogP contribution in [-0.2, 0) is 36.4 Å². The number of phosphoric acid groups is 1. The van der Waals surface area contributed by atoms with E-state index in [2.05, 4.69) is 17.0 Å². The molecule has 0 unspecified atom stereocenters. The molecule has 2 amide bonds. The normalized spacial score (nSPS) is 16.0. The second-order valence-corrected chi connectivity index (χ2v) is 15.3. The Morgan fingerprint density at radius 2 is 1.64 bits per heavy atom. The molecular formula is C41H42FN6O7P. The number of aromatic nitrogens is 2. The Morgan fingerprint density at radius 3 is 2.30 bits per heavy atom. The fourth-order valence-electron chi connectivity index (χ4n) is 7.61. The van der Waals surface area contributed by atoms with Crippen LogP contribution in [0.3, 0.4) is 0 Å². The molecule has 13 nitrogen and oxygen atoms in total. The summed E-state index contributed by atoms with van der Waals surface area (Å²) in [4.78, 5) is 53.8. The van der Waals surface area contributed by atoms with E-state index in [0.717, 1.165) is 18.7 Å². The molecule has 3 aromatic carbocycles. The van der Waals surface area contributed by atoms with Crippen LogP contribution in [0.1, 0.15) is 48.9 Å². The van der Waals surface area contributed by atoms with Gasteiger partial charge in [0.2, 0.25) is 0 Å². The van der Waals surface area contributed by atoms with Gasteiger partial charge in [-0.25, -0.2) is 8.96 Å². The van der Waals surface area contributed by atoms with Crippen LogP contribution in [0.25, 0.3) is 11.3 Å². The molecule has 1 fully saturated rings. The lowest BCUT2D eigenvalue weighted by Gasteiger charge is -2.40. The molecule has 0 saturated carbocycles. The van der Waals surface area contributed by atoms with Gasteiger partial charge < -0.3 is 23.3 Å². The van der Waals surface area contributed by atoms with E-state index in [1.807, 2.05) is 23.1 Å². The van der Waals surface area contributed by atoms with Crippen molar-refractivity contribution >= 4 is 31.0 Å². The molecule has 1 saturated heterocycles. The largest absolute Gasteiger partial charge is 0.524 e. The minimum atomic E-state index is -4.84. The lowest BCUT2D eigenvalue weighted by molar-refractivity contribution is 0.0193. The molecule has 1 atom stereocenters. The van der Waals surface area contributed by atoms with Crippen molar-refractivity contribution in [3.8, 4) is 23.1 Å². The summed E-state index contributed by atoms with van der Waals surface area (Å²) in [6, 6.07) is 23.1. The number of hydrogen-bond acceptors (Lipinski definition) is 7. The van der Waals surface area contributed by atoms with Crippen LogP contribution in [0.4, 0.5) is 15.8 Å². The number of hydrogen-bond donors (Lipinski definition) is 2. The van der Waals surface area contributed by atoms with E-state index >= 15 is 4.39 Å². The fraction of sp³-hybridized carbons (Fsp3) is 0.293. The minimum absolute atomic E-state index is 0.108. The number of ether oxygens (including phenoxy) is 1. The number of nitriles is 1. The maximum absolute atomic E-state index is 15.2. The SMILES string of the molecule is Cc1c(N(C(=O)c2cc(-c3cc(F)ccc3C(=O)N3Cc4ccccc4C[C@H]3CN3CCOCC3)n(C)c2C)c2ccc(OP(=O)(O)O)cc2)cc(C#N)n1C. The molecule has 0 bridgehead atoms. The van der Waals surface area contributed by atoms with Crippen LogP contribution in [0.15, 0.2) is 78.9 Å². The van der Waals surface area contributed by atoms with Gasteiger partial charge in [0.15, 0.2) is 0 Å². The molecule has 0 radical (unpaired) electrons. The second kappa shape index (κ2) is 15.5. The van der Waals surface area contributed by atoms with Crippen molar-refractivity contribution < 1.29 is 37.6 Å². The third-order valence-electron chi connectivity index (χ3n) is 10.8. The molecule has 5 aromatic rings. The molecule has 7 rings (SSSR count). The number of anilines is 2. The van der Waals surface area contributed by atoms with Gasteiger partial charge in [-0.05, 0) is 86.0 Å². The predicted octanol–water partition coefficient (Wildman–Crippen LogP) is 6.01. The zero-order valence-corrected chi connectivity index (χ0v) is 32.4. The third kappa shape index (κ3) is 7.65. The Morgan fingerprint density at radius 1 is 0.946 bits per heavy atom. The second-order valence-electron chi connectivity index (χ2n) is 14.1. The standard InChI is InChI=1S/C41H42FN6O7P/c1-26-36(41(50)48(38-21-32(23-43)44(3)27(38)2)31-10-12-34(13-11-31)55-56(51,52)53)22-39(45(26)4)37-20-30(42)9-14-35(37)40(49)47-24-29-8-6-5-7-28(29)19-33(47)25-46-15-17-54-18-16-46/h5-14,20-22,33H,15-19,24-25H2,1-4H3,(H2,51,52,53)/t33-/m0/s1. The molecule has 2 N–H and O–H groups in total. The van der Waals surface area contributed by atoms with Gasteiger partial charge in [-0.15, -0.1) is 0 Å². The van der Waals surface area contributed by atoms with Crippen LogP contribution < -0.4 is 9.42 Å². The smallest absolute Gasteiger partial charge is 0.404 e. The van der Waals surface area contributed by atoms with E-state index < -0.39 is 19.5 Å². The number of morpholine rings is 1. The first-order valence-corrected chi connectivity index (χ1v) is 19.7. The third-order valence-corrected chi connectivity index (χ3v) is 11.3. The van der Waals surface area contributed by atoms with Crippen LogP contribution in [-0.4, -0.2) is 79.4 Å². The summed E-state index contributed by atoms with van der Waals surface area (Å²) in [5.41, 5.74) is 5.75. The molecule has 2 aliphatic rings. The van der Waals surface area contributed by atoms with Crippen LogP contribution >= 0.6 is 7.82 Å².